The summed E-state index contributed by atoms with van der Waals surface area (Å²) in [6.45, 7) is 10.0. The normalized spacial score (nSPS) is 11.6. The van der Waals surface area contributed by atoms with E-state index in [2.05, 4.69) is 25.2 Å². The number of para-hydroxylation sites is 1. The second-order valence-corrected chi connectivity index (χ2v) is 7.57. The highest BCUT2D eigenvalue weighted by atomic mass is 35.5. The van der Waals surface area contributed by atoms with E-state index in [1.165, 1.54) is 0 Å². The van der Waals surface area contributed by atoms with Crippen molar-refractivity contribution < 1.29 is 4.79 Å². The van der Waals surface area contributed by atoms with Gasteiger partial charge in [0.05, 0.1) is 5.69 Å². The van der Waals surface area contributed by atoms with Gasteiger partial charge in [0.15, 0.2) is 0 Å². The molecule has 2 nitrogen and oxygen atoms in total. The van der Waals surface area contributed by atoms with E-state index in [1.807, 2.05) is 57.2 Å². The third-order valence-electron chi connectivity index (χ3n) is 3.79. The van der Waals surface area contributed by atoms with Crippen molar-refractivity contribution in [1.82, 2.24) is 0 Å². The van der Waals surface area contributed by atoms with Crippen molar-refractivity contribution in [2.45, 2.75) is 40.5 Å². The highest BCUT2D eigenvalue weighted by Gasteiger charge is 2.24. The second-order valence-electron chi connectivity index (χ2n) is 7.14. The lowest BCUT2D eigenvalue weighted by atomic mass is 9.91. The van der Waals surface area contributed by atoms with Gasteiger partial charge in [-0.25, -0.2) is 0 Å². The second kappa shape index (κ2) is 6.76. The summed E-state index contributed by atoms with van der Waals surface area (Å²) in [5, 5.41) is 3.84. The molecule has 0 atom stereocenters. The molecular weight excluding hydrogens is 306 g/mol. The van der Waals surface area contributed by atoms with Crippen LogP contribution in [0.5, 0.6) is 0 Å². The monoisotopic (exact) mass is 329 g/mol. The molecule has 0 fully saturated rings. The predicted octanol–water partition coefficient (Wildman–Crippen LogP) is 6.12. The number of hydrogen-bond acceptors (Lipinski definition) is 1. The zero-order valence-electron chi connectivity index (χ0n) is 14.4. The Morgan fingerprint density at radius 2 is 1.65 bits per heavy atom. The first-order valence-electron chi connectivity index (χ1n) is 7.90. The molecule has 0 radical (unpaired) electrons. The summed E-state index contributed by atoms with van der Waals surface area (Å²) in [7, 11) is 0. The molecule has 2 aromatic carbocycles. The van der Waals surface area contributed by atoms with Crippen LogP contribution in [0.2, 0.25) is 5.02 Å². The molecule has 2 rings (SSSR count). The van der Waals surface area contributed by atoms with E-state index in [-0.39, 0.29) is 5.91 Å². The lowest BCUT2D eigenvalue weighted by Gasteiger charge is -2.23. The number of benzene rings is 2. The minimum absolute atomic E-state index is 0.0146. The van der Waals surface area contributed by atoms with E-state index in [4.69, 9.17) is 11.6 Å². The number of anilines is 1. The summed E-state index contributed by atoms with van der Waals surface area (Å²) >= 11 is 6.00. The Hall–Kier alpha value is -1.80. The van der Waals surface area contributed by atoms with Crippen LogP contribution >= 0.6 is 11.6 Å². The molecule has 0 aromatic heterocycles. The van der Waals surface area contributed by atoms with Gasteiger partial charge in [-0.3, -0.25) is 4.79 Å². The molecule has 1 N–H and O–H groups in total. The standard InChI is InChI=1S/C20H24ClNO/c1-13(2)16-7-6-8-17(14-9-11-15(21)12-10-14)18(16)22-19(23)20(3,4)5/h6-13H,1-5H3,(H,22,23). The van der Waals surface area contributed by atoms with E-state index >= 15 is 0 Å². The third-order valence-corrected chi connectivity index (χ3v) is 4.05. The molecule has 0 spiro atoms. The Bertz CT molecular complexity index is 697. The van der Waals surface area contributed by atoms with E-state index in [0.29, 0.717) is 10.9 Å². The van der Waals surface area contributed by atoms with E-state index in [0.717, 1.165) is 22.4 Å². The fraction of sp³-hybridized carbons (Fsp3) is 0.350. The van der Waals surface area contributed by atoms with Crippen LogP contribution in [0.15, 0.2) is 42.5 Å². The summed E-state index contributed by atoms with van der Waals surface area (Å²) in [5.41, 5.74) is 3.65. The van der Waals surface area contributed by atoms with Crippen LogP contribution in [0, 0.1) is 5.41 Å². The molecule has 122 valence electrons. The van der Waals surface area contributed by atoms with Gasteiger partial charge in [0.25, 0.3) is 0 Å². The minimum Gasteiger partial charge on any atom is -0.325 e. The Balaban J connectivity index is 2.56. The van der Waals surface area contributed by atoms with Crippen LogP contribution in [0.1, 0.15) is 46.1 Å². The van der Waals surface area contributed by atoms with Gasteiger partial charge in [0.1, 0.15) is 0 Å². The lowest BCUT2D eigenvalue weighted by molar-refractivity contribution is -0.123. The molecule has 0 saturated heterocycles. The molecular formula is C20H24ClNO. The summed E-state index contributed by atoms with van der Waals surface area (Å²) in [4.78, 5) is 12.5. The Labute approximate surface area is 143 Å². The van der Waals surface area contributed by atoms with Crippen molar-refractivity contribution in [2.75, 3.05) is 5.32 Å². The number of amides is 1. The van der Waals surface area contributed by atoms with Gasteiger partial charge < -0.3 is 5.32 Å². The van der Waals surface area contributed by atoms with Gasteiger partial charge in [-0.2, -0.15) is 0 Å². The van der Waals surface area contributed by atoms with Gasteiger partial charge in [-0.05, 0) is 29.2 Å². The maximum atomic E-state index is 12.5. The average Bonchev–Trinajstić information content (AvgIpc) is 2.47. The molecule has 0 unspecified atom stereocenters. The Kier molecular flexibility index (Phi) is 5.16. The highest BCUT2D eigenvalue weighted by molar-refractivity contribution is 6.30. The smallest absolute Gasteiger partial charge is 0.229 e. The van der Waals surface area contributed by atoms with Crippen LogP contribution in [0.3, 0.4) is 0 Å². The number of nitrogens with one attached hydrogen (secondary N) is 1. The number of rotatable bonds is 3. The average molecular weight is 330 g/mol. The van der Waals surface area contributed by atoms with Crippen molar-refractivity contribution in [3.05, 3.63) is 53.1 Å². The summed E-state index contributed by atoms with van der Waals surface area (Å²) in [6, 6.07) is 13.8. The molecule has 3 heteroatoms. The fourth-order valence-electron chi connectivity index (χ4n) is 2.36. The van der Waals surface area contributed by atoms with E-state index < -0.39 is 5.41 Å². The molecule has 1 amide bonds. The van der Waals surface area contributed by atoms with E-state index in [1.54, 1.807) is 0 Å². The number of hydrogen-bond donors (Lipinski definition) is 1. The topological polar surface area (TPSA) is 29.1 Å². The predicted molar refractivity (Wildman–Crippen MR) is 99.1 cm³/mol. The molecule has 0 aliphatic carbocycles. The van der Waals surface area contributed by atoms with Crippen LogP contribution in [0.25, 0.3) is 11.1 Å². The molecule has 0 bridgehead atoms. The molecule has 0 saturated carbocycles. The number of halogens is 1. The summed E-state index contributed by atoms with van der Waals surface area (Å²) < 4.78 is 0. The molecule has 0 aliphatic heterocycles. The lowest BCUT2D eigenvalue weighted by Crippen LogP contribution is -2.28. The van der Waals surface area contributed by atoms with Gasteiger partial charge >= 0.3 is 0 Å². The maximum Gasteiger partial charge on any atom is 0.229 e. The zero-order valence-corrected chi connectivity index (χ0v) is 15.2. The Morgan fingerprint density at radius 3 is 2.17 bits per heavy atom. The molecule has 2 aromatic rings. The van der Waals surface area contributed by atoms with Crippen molar-refractivity contribution >= 4 is 23.2 Å². The van der Waals surface area contributed by atoms with E-state index in [9.17, 15) is 4.79 Å². The molecule has 23 heavy (non-hydrogen) atoms. The van der Waals surface area contributed by atoms with Crippen molar-refractivity contribution in [2.24, 2.45) is 5.41 Å². The highest BCUT2D eigenvalue weighted by Crippen LogP contribution is 2.36. The number of carbonyl (C=O) groups excluding carboxylic acids is 1. The van der Waals surface area contributed by atoms with Crippen LogP contribution in [0.4, 0.5) is 5.69 Å². The quantitative estimate of drug-likeness (QED) is 0.722. The third kappa shape index (κ3) is 4.14. The first-order chi connectivity index (χ1) is 10.7. The fourth-order valence-corrected chi connectivity index (χ4v) is 2.49. The largest absolute Gasteiger partial charge is 0.325 e. The summed E-state index contributed by atoms with van der Waals surface area (Å²) in [6.07, 6.45) is 0. The Morgan fingerprint density at radius 1 is 1.04 bits per heavy atom. The van der Waals surface area contributed by atoms with Crippen LogP contribution < -0.4 is 5.32 Å². The van der Waals surface area contributed by atoms with Crippen LogP contribution in [-0.4, -0.2) is 5.91 Å². The van der Waals surface area contributed by atoms with Gasteiger partial charge in [0.2, 0.25) is 5.91 Å². The summed E-state index contributed by atoms with van der Waals surface area (Å²) in [5.74, 6) is 0.332. The van der Waals surface area contributed by atoms with Crippen molar-refractivity contribution in [3.8, 4) is 11.1 Å². The molecule has 0 aliphatic rings. The number of carbonyl (C=O) groups is 1. The minimum atomic E-state index is -0.443. The zero-order chi connectivity index (χ0) is 17.2. The van der Waals surface area contributed by atoms with Crippen molar-refractivity contribution in [3.63, 3.8) is 0 Å². The van der Waals surface area contributed by atoms with Crippen molar-refractivity contribution in [1.29, 1.82) is 0 Å². The SMILES string of the molecule is CC(C)c1cccc(-c2ccc(Cl)cc2)c1NC(=O)C(C)(C)C. The molecule has 0 heterocycles. The first-order valence-corrected chi connectivity index (χ1v) is 8.28. The van der Waals surface area contributed by atoms with Gasteiger partial charge in [-0.15, -0.1) is 0 Å². The van der Waals surface area contributed by atoms with Gasteiger partial charge in [0, 0.05) is 16.0 Å². The first kappa shape index (κ1) is 17.6. The maximum absolute atomic E-state index is 12.5. The van der Waals surface area contributed by atoms with Gasteiger partial charge in [-0.1, -0.05) is 76.6 Å². The van der Waals surface area contributed by atoms with Crippen LogP contribution in [-0.2, 0) is 4.79 Å².